The summed E-state index contributed by atoms with van der Waals surface area (Å²) >= 11 is 0. The van der Waals surface area contributed by atoms with Gasteiger partial charge < -0.3 is 14.8 Å². The highest BCUT2D eigenvalue weighted by Crippen LogP contribution is 2.31. The van der Waals surface area contributed by atoms with Crippen LogP contribution in [-0.4, -0.2) is 24.2 Å². The Morgan fingerprint density at radius 1 is 0.889 bits per heavy atom. The third-order valence-electron chi connectivity index (χ3n) is 6.37. The molecule has 5 heteroatoms. The zero-order valence-electron chi connectivity index (χ0n) is 21.8. The van der Waals surface area contributed by atoms with E-state index in [-0.39, 0.29) is 24.2 Å². The minimum absolute atomic E-state index is 0.00891. The second-order valence-electron chi connectivity index (χ2n) is 9.49. The number of ether oxygens (including phenoxy) is 2. The van der Waals surface area contributed by atoms with Crippen molar-refractivity contribution in [2.75, 3.05) is 7.11 Å². The number of hydrogen-bond donors (Lipinski definition) is 1. The summed E-state index contributed by atoms with van der Waals surface area (Å²) in [6.07, 6.45) is -0.179. The van der Waals surface area contributed by atoms with Gasteiger partial charge in [0.1, 0.15) is 5.75 Å². The van der Waals surface area contributed by atoms with Crippen LogP contribution in [0.3, 0.4) is 0 Å². The molecule has 0 fully saturated rings. The van der Waals surface area contributed by atoms with Gasteiger partial charge in [0.05, 0.1) is 30.2 Å². The maximum atomic E-state index is 12.7. The zero-order valence-corrected chi connectivity index (χ0v) is 21.8. The van der Waals surface area contributed by atoms with Crippen molar-refractivity contribution in [3.8, 4) is 17.0 Å². The number of carbonyl (C=O) groups excluding carboxylic acids is 1. The van der Waals surface area contributed by atoms with Gasteiger partial charge in [-0.2, -0.15) is 0 Å². The Kier molecular flexibility index (Phi) is 7.70. The Morgan fingerprint density at radius 2 is 1.67 bits per heavy atom. The summed E-state index contributed by atoms with van der Waals surface area (Å²) in [5.74, 6) is 0.526. The van der Waals surface area contributed by atoms with E-state index in [1.807, 2.05) is 69.3 Å². The molecule has 1 unspecified atom stereocenters. The monoisotopic (exact) mass is 482 g/mol. The van der Waals surface area contributed by atoms with Crippen LogP contribution < -0.4 is 10.1 Å². The van der Waals surface area contributed by atoms with E-state index in [4.69, 9.17) is 14.5 Å². The van der Waals surface area contributed by atoms with E-state index < -0.39 is 0 Å². The molecule has 0 spiro atoms. The number of pyridine rings is 1. The molecule has 3 aromatic carbocycles. The van der Waals surface area contributed by atoms with Gasteiger partial charge in [-0.15, -0.1) is 0 Å². The number of hydrogen-bond acceptors (Lipinski definition) is 5. The van der Waals surface area contributed by atoms with Crippen LogP contribution in [0.15, 0.2) is 72.8 Å². The van der Waals surface area contributed by atoms with Gasteiger partial charge in [0.25, 0.3) is 0 Å². The molecule has 4 rings (SSSR count). The molecule has 0 bridgehead atoms. The molecule has 1 heterocycles. The molecule has 0 aliphatic heterocycles. The maximum absolute atomic E-state index is 12.7. The molecule has 0 amide bonds. The Labute approximate surface area is 213 Å². The average molecular weight is 483 g/mol. The van der Waals surface area contributed by atoms with Crippen LogP contribution in [-0.2, 0) is 4.74 Å². The van der Waals surface area contributed by atoms with Crippen LogP contribution in [0.4, 0.5) is 0 Å². The molecule has 4 aromatic rings. The van der Waals surface area contributed by atoms with Crippen LogP contribution in [0.1, 0.15) is 67.0 Å². The number of methoxy groups -OCH3 is 1. The van der Waals surface area contributed by atoms with Crippen molar-refractivity contribution >= 4 is 16.7 Å². The van der Waals surface area contributed by atoms with Crippen LogP contribution in [0.5, 0.6) is 5.75 Å². The summed E-state index contributed by atoms with van der Waals surface area (Å²) in [4.78, 5) is 17.8. The number of carbonyl (C=O) groups is 1. The first kappa shape index (κ1) is 25.4. The van der Waals surface area contributed by atoms with Crippen molar-refractivity contribution in [2.45, 2.75) is 52.8 Å². The molecule has 1 N–H and O–H groups in total. The molecule has 0 saturated heterocycles. The molecule has 0 radical (unpaired) electrons. The van der Waals surface area contributed by atoms with Gasteiger partial charge in [-0.3, -0.25) is 4.98 Å². The number of nitrogens with one attached hydrogen (secondary N) is 1. The van der Waals surface area contributed by atoms with E-state index in [2.05, 4.69) is 43.4 Å². The van der Waals surface area contributed by atoms with Crippen LogP contribution in [0.25, 0.3) is 22.0 Å². The van der Waals surface area contributed by atoms with Gasteiger partial charge in [-0.1, -0.05) is 48.5 Å². The summed E-state index contributed by atoms with van der Waals surface area (Å²) in [5, 5.41) is 5.82. The van der Waals surface area contributed by atoms with Gasteiger partial charge >= 0.3 is 5.97 Å². The van der Waals surface area contributed by atoms with Crippen LogP contribution in [0.2, 0.25) is 0 Å². The van der Waals surface area contributed by atoms with Crippen molar-refractivity contribution in [1.29, 1.82) is 0 Å². The summed E-state index contributed by atoms with van der Waals surface area (Å²) in [7, 11) is 1.68. The van der Waals surface area contributed by atoms with Crippen molar-refractivity contribution in [2.24, 2.45) is 0 Å². The summed E-state index contributed by atoms with van der Waals surface area (Å²) in [5.41, 5.74) is 5.27. The standard InChI is InChI=1S/C31H34N2O3/c1-19(2)36-31(34)28-17-25(15-14-20(28)3)30-27-13-8-7-10-24(27)18-29(33-30)22(5)32-21(4)23-11-9-12-26(16-23)35-6/h7-19,21-22,32H,1-6H3/t21-,22?/m1/s1. The summed E-state index contributed by atoms with van der Waals surface area (Å²) in [6.45, 7) is 9.90. The Hall–Kier alpha value is -3.70. The van der Waals surface area contributed by atoms with Gasteiger partial charge in [0, 0.05) is 23.0 Å². The molecule has 0 saturated carbocycles. The number of aromatic nitrogens is 1. The van der Waals surface area contributed by atoms with Crippen LogP contribution in [0, 0.1) is 6.92 Å². The zero-order chi connectivity index (χ0) is 25.8. The van der Waals surface area contributed by atoms with E-state index in [9.17, 15) is 4.79 Å². The molecule has 1 aromatic heterocycles. The number of nitrogens with zero attached hydrogens (tertiary/aromatic N) is 1. The van der Waals surface area contributed by atoms with Crippen molar-refractivity contribution in [3.63, 3.8) is 0 Å². The molecule has 0 aliphatic carbocycles. The molecule has 5 nitrogen and oxygen atoms in total. The minimum atomic E-state index is -0.313. The second kappa shape index (κ2) is 10.9. The molecule has 2 atom stereocenters. The summed E-state index contributed by atoms with van der Waals surface area (Å²) in [6, 6.07) is 24.4. The predicted octanol–water partition coefficient (Wildman–Crippen LogP) is 7.20. The Bertz CT molecular complexity index is 1380. The maximum Gasteiger partial charge on any atom is 0.338 e. The first-order valence-electron chi connectivity index (χ1n) is 12.4. The molecule has 0 aliphatic rings. The topological polar surface area (TPSA) is 60.5 Å². The number of esters is 1. The van der Waals surface area contributed by atoms with Crippen molar-refractivity contribution < 1.29 is 14.3 Å². The highest BCUT2D eigenvalue weighted by atomic mass is 16.5. The lowest BCUT2D eigenvalue weighted by Gasteiger charge is -2.22. The van der Waals surface area contributed by atoms with E-state index in [0.29, 0.717) is 5.56 Å². The molecular formula is C31H34N2O3. The predicted molar refractivity (Wildman–Crippen MR) is 145 cm³/mol. The van der Waals surface area contributed by atoms with E-state index in [0.717, 1.165) is 44.6 Å². The highest BCUT2D eigenvalue weighted by Gasteiger charge is 2.18. The smallest absolute Gasteiger partial charge is 0.338 e. The SMILES string of the molecule is COc1cccc([C@@H](C)NC(C)c2cc3ccccc3c(-c3ccc(C)c(C(=O)OC(C)C)c3)n2)c1. The minimum Gasteiger partial charge on any atom is -0.497 e. The first-order valence-corrected chi connectivity index (χ1v) is 12.4. The lowest BCUT2D eigenvalue weighted by atomic mass is 9.98. The Morgan fingerprint density at radius 3 is 2.42 bits per heavy atom. The third-order valence-corrected chi connectivity index (χ3v) is 6.37. The quantitative estimate of drug-likeness (QED) is 0.269. The Balaban J connectivity index is 1.72. The lowest BCUT2D eigenvalue weighted by Crippen LogP contribution is -2.23. The van der Waals surface area contributed by atoms with E-state index in [1.54, 1.807) is 7.11 Å². The van der Waals surface area contributed by atoms with Crippen molar-refractivity contribution in [3.05, 3.63) is 95.2 Å². The fourth-order valence-corrected chi connectivity index (χ4v) is 4.40. The normalized spacial score (nSPS) is 13.0. The summed E-state index contributed by atoms with van der Waals surface area (Å²) < 4.78 is 10.9. The van der Waals surface area contributed by atoms with Crippen LogP contribution >= 0.6 is 0 Å². The number of aryl methyl sites for hydroxylation is 1. The van der Waals surface area contributed by atoms with Crippen molar-refractivity contribution in [1.82, 2.24) is 10.3 Å². The molecule has 36 heavy (non-hydrogen) atoms. The molecule has 186 valence electrons. The van der Waals surface area contributed by atoms with Gasteiger partial charge in [0.2, 0.25) is 0 Å². The number of rotatable bonds is 8. The largest absolute Gasteiger partial charge is 0.497 e. The highest BCUT2D eigenvalue weighted by molar-refractivity contribution is 5.97. The lowest BCUT2D eigenvalue weighted by molar-refractivity contribution is 0.0377. The third kappa shape index (κ3) is 5.58. The van der Waals surface area contributed by atoms with Gasteiger partial charge in [0.15, 0.2) is 0 Å². The fourth-order valence-electron chi connectivity index (χ4n) is 4.40. The van der Waals surface area contributed by atoms with Gasteiger partial charge in [-0.05, 0) is 75.4 Å². The van der Waals surface area contributed by atoms with Gasteiger partial charge in [-0.25, -0.2) is 4.79 Å². The van der Waals surface area contributed by atoms with E-state index >= 15 is 0 Å². The van der Waals surface area contributed by atoms with E-state index in [1.165, 1.54) is 0 Å². The average Bonchev–Trinajstić information content (AvgIpc) is 2.87. The number of benzene rings is 3. The second-order valence-corrected chi connectivity index (χ2v) is 9.49. The number of fused-ring (bicyclic) bond motifs is 1. The fraction of sp³-hybridized carbons (Fsp3) is 0.290. The molecular weight excluding hydrogens is 448 g/mol. The first-order chi connectivity index (χ1) is 17.3.